The van der Waals surface area contributed by atoms with Crippen LogP contribution in [0.15, 0.2) is 91.0 Å². The van der Waals surface area contributed by atoms with Crippen LogP contribution in [0.1, 0.15) is 18.9 Å². The lowest BCUT2D eigenvalue weighted by Gasteiger charge is -2.11. The summed E-state index contributed by atoms with van der Waals surface area (Å²) in [4.78, 5) is 24.4. The summed E-state index contributed by atoms with van der Waals surface area (Å²) in [7, 11) is 0. The zero-order chi connectivity index (χ0) is 23.5. The molecule has 0 saturated heterocycles. The van der Waals surface area contributed by atoms with Gasteiger partial charge < -0.3 is 20.7 Å². The average molecular weight is 444 g/mol. The van der Waals surface area contributed by atoms with E-state index in [-0.39, 0.29) is 18.4 Å². The number of carbonyl (C=O) groups is 2. The van der Waals surface area contributed by atoms with Gasteiger partial charge >= 0.3 is 0 Å². The summed E-state index contributed by atoms with van der Waals surface area (Å²) in [6.07, 6.45) is 1.12. The fourth-order valence-corrected chi connectivity index (χ4v) is 3.06. The summed E-state index contributed by atoms with van der Waals surface area (Å²) >= 11 is 0. The molecule has 0 aliphatic carbocycles. The number of nitrogens with one attached hydrogen (secondary N) is 3. The monoisotopic (exact) mass is 443 g/mol. The fourth-order valence-electron chi connectivity index (χ4n) is 3.06. The molecule has 0 fully saturated rings. The summed E-state index contributed by atoms with van der Waals surface area (Å²) in [5, 5.41) is 8.82. The molecule has 0 heterocycles. The van der Waals surface area contributed by atoms with Crippen LogP contribution in [-0.4, -0.2) is 25.0 Å². The van der Waals surface area contributed by atoms with Crippen molar-refractivity contribution in [2.45, 2.75) is 19.8 Å². The molecular formula is C27H29N3O3. The first-order chi connectivity index (χ1) is 16.0. The molecule has 0 spiro atoms. The summed E-state index contributed by atoms with van der Waals surface area (Å²) < 4.78 is 5.60. The lowest BCUT2D eigenvalue weighted by molar-refractivity contribution is -0.116. The molecule has 0 aromatic heterocycles. The van der Waals surface area contributed by atoms with E-state index in [1.165, 1.54) is 0 Å². The van der Waals surface area contributed by atoms with Gasteiger partial charge in [0.2, 0.25) is 11.8 Å². The zero-order valence-corrected chi connectivity index (χ0v) is 18.8. The Balaban J connectivity index is 1.41. The van der Waals surface area contributed by atoms with Crippen molar-refractivity contribution in [3.05, 3.63) is 96.6 Å². The number of aryl methyl sites for hydroxylation is 1. The average Bonchev–Trinajstić information content (AvgIpc) is 2.82. The molecule has 3 aromatic carbocycles. The SMILES string of the molecule is C=C(C)COc1cccc(NC(=O)CNc2ccc(NC(=O)CCc3ccccc3)cc2)c1. The quantitative estimate of drug-likeness (QED) is 0.353. The van der Waals surface area contributed by atoms with E-state index in [0.29, 0.717) is 30.9 Å². The first-order valence-electron chi connectivity index (χ1n) is 10.8. The molecule has 0 bridgehead atoms. The molecule has 170 valence electrons. The number of benzene rings is 3. The highest BCUT2D eigenvalue weighted by molar-refractivity contribution is 5.94. The van der Waals surface area contributed by atoms with Gasteiger partial charge in [0.25, 0.3) is 0 Å². The summed E-state index contributed by atoms with van der Waals surface area (Å²) in [5.74, 6) is 0.462. The maximum absolute atomic E-state index is 12.3. The lowest BCUT2D eigenvalue weighted by Crippen LogP contribution is -2.21. The van der Waals surface area contributed by atoms with Gasteiger partial charge in [-0.3, -0.25) is 9.59 Å². The van der Waals surface area contributed by atoms with Crippen LogP contribution in [0.5, 0.6) is 5.75 Å². The molecule has 33 heavy (non-hydrogen) atoms. The molecule has 0 unspecified atom stereocenters. The van der Waals surface area contributed by atoms with Gasteiger partial charge in [-0.25, -0.2) is 0 Å². The summed E-state index contributed by atoms with van der Waals surface area (Å²) in [6.45, 7) is 6.25. The molecule has 6 heteroatoms. The minimum atomic E-state index is -0.176. The van der Waals surface area contributed by atoms with E-state index >= 15 is 0 Å². The standard InChI is InChI=1S/C27H29N3O3/c1-20(2)19-33-25-10-6-9-24(17-25)30-27(32)18-28-22-12-14-23(15-13-22)29-26(31)16-11-21-7-4-3-5-8-21/h3-10,12-15,17,28H,1,11,16,18-19H2,2H3,(H,29,31)(H,30,32). The van der Waals surface area contributed by atoms with Gasteiger partial charge in [-0.05, 0) is 60.9 Å². The van der Waals surface area contributed by atoms with Crippen LogP contribution in [-0.2, 0) is 16.0 Å². The van der Waals surface area contributed by atoms with Gasteiger partial charge in [-0.2, -0.15) is 0 Å². The van der Waals surface area contributed by atoms with Crippen LogP contribution in [0.2, 0.25) is 0 Å². The highest BCUT2D eigenvalue weighted by atomic mass is 16.5. The fraction of sp³-hybridized carbons (Fsp3) is 0.185. The normalized spacial score (nSPS) is 10.2. The second kappa shape index (κ2) is 12.1. The minimum Gasteiger partial charge on any atom is -0.489 e. The number of hydrogen-bond acceptors (Lipinski definition) is 4. The first kappa shape index (κ1) is 23.6. The predicted molar refractivity (Wildman–Crippen MR) is 134 cm³/mol. The van der Waals surface area contributed by atoms with E-state index in [0.717, 1.165) is 22.5 Å². The molecular weight excluding hydrogens is 414 g/mol. The van der Waals surface area contributed by atoms with Gasteiger partial charge in [0.1, 0.15) is 12.4 Å². The minimum absolute atomic E-state index is 0.0339. The maximum Gasteiger partial charge on any atom is 0.243 e. The second-order valence-electron chi connectivity index (χ2n) is 7.79. The van der Waals surface area contributed by atoms with Crippen molar-refractivity contribution in [1.82, 2.24) is 0 Å². The van der Waals surface area contributed by atoms with Crippen LogP contribution in [0.3, 0.4) is 0 Å². The van der Waals surface area contributed by atoms with E-state index in [1.807, 2.05) is 73.7 Å². The summed E-state index contributed by atoms with van der Waals surface area (Å²) in [5.41, 5.74) is 4.22. The Bertz CT molecular complexity index is 1080. The van der Waals surface area contributed by atoms with Crippen molar-refractivity contribution in [3.8, 4) is 5.75 Å². The van der Waals surface area contributed by atoms with Crippen LogP contribution < -0.4 is 20.7 Å². The molecule has 3 N–H and O–H groups in total. The predicted octanol–water partition coefficient (Wildman–Crippen LogP) is 5.26. The second-order valence-corrected chi connectivity index (χ2v) is 7.79. The largest absolute Gasteiger partial charge is 0.489 e. The third-order valence-electron chi connectivity index (χ3n) is 4.71. The Labute approximate surface area is 194 Å². The van der Waals surface area contributed by atoms with Gasteiger partial charge in [0, 0.05) is 29.5 Å². The highest BCUT2D eigenvalue weighted by Crippen LogP contribution is 2.18. The van der Waals surface area contributed by atoms with Crippen LogP contribution >= 0.6 is 0 Å². The molecule has 0 radical (unpaired) electrons. The number of rotatable bonds is 11. The van der Waals surface area contributed by atoms with Crippen LogP contribution in [0.4, 0.5) is 17.1 Å². The maximum atomic E-state index is 12.3. The van der Waals surface area contributed by atoms with Gasteiger partial charge in [0.05, 0.1) is 6.54 Å². The molecule has 2 amide bonds. The smallest absolute Gasteiger partial charge is 0.243 e. The van der Waals surface area contributed by atoms with Crippen molar-refractivity contribution < 1.29 is 14.3 Å². The molecule has 0 saturated carbocycles. The van der Waals surface area contributed by atoms with Crippen molar-refractivity contribution in [3.63, 3.8) is 0 Å². The van der Waals surface area contributed by atoms with Crippen molar-refractivity contribution in [1.29, 1.82) is 0 Å². The first-order valence-corrected chi connectivity index (χ1v) is 10.8. The highest BCUT2D eigenvalue weighted by Gasteiger charge is 2.06. The van der Waals surface area contributed by atoms with Crippen molar-refractivity contribution in [2.24, 2.45) is 0 Å². The molecule has 0 atom stereocenters. The molecule has 6 nitrogen and oxygen atoms in total. The third-order valence-corrected chi connectivity index (χ3v) is 4.71. The van der Waals surface area contributed by atoms with Crippen LogP contribution in [0, 0.1) is 0 Å². The molecule has 3 rings (SSSR count). The van der Waals surface area contributed by atoms with Gasteiger partial charge in [0.15, 0.2) is 0 Å². The number of ether oxygens (including phenoxy) is 1. The molecule has 0 aliphatic rings. The van der Waals surface area contributed by atoms with Crippen molar-refractivity contribution >= 4 is 28.9 Å². The lowest BCUT2D eigenvalue weighted by atomic mass is 10.1. The van der Waals surface area contributed by atoms with E-state index in [2.05, 4.69) is 22.5 Å². The Morgan fingerprint density at radius 3 is 2.24 bits per heavy atom. The summed E-state index contributed by atoms with van der Waals surface area (Å²) in [6, 6.07) is 24.4. The zero-order valence-electron chi connectivity index (χ0n) is 18.8. The van der Waals surface area contributed by atoms with E-state index < -0.39 is 0 Å². The Hall–Kier alpha value is -4.06. The van der Waals surface area contributed by atoms with Crippen LogP contribution in [0.25, 0.3) is 0 Å². The molecule has 0 aliphatic heterocycles. The Morgan fingerprint density at radius 2 is 1.52 bits per heavy atom. The molecule has 3 aromatic rings. The Morgan fingerprint density at radius 1 is 0.818 bits per heavy atom. The number of amides is 2. The topological polar surface area (TPSA) is 79.5 Å². The Kier molecular flexibility index (Phi) is 8.65. The van der Waals surface area contributed by atoms with E-state index in [1.54, 1.807) is 12.1 Å². The van der Waals surface area contributed by atoms with Gasteiger partial charge in [-0.1, -0.05) is 43.0 Å². The van der Waals surface area contributed by atoms with E-state index in [4.69, 9.17) is 4.74 Å². The number of carbonyl (C=O) groups excluding carboxylic acids is 2. The van der Waals surface area contributed by atoms with Gasteiger partial charge in [-0.15, -0.1) is 0 Å². The van der Waals surface area contributed by atoms with Crippen molar-refractivity contribution in [2.75, 3.05) is 29.1 Å². The third kappa shape index (κ3) is 8.53. The number of hydrogen-bond donors (Lipinski definition) is 3. The van der Waals surface area contributed by atoms with E-state index in [9.17, 15) is 9.59 Å². The number of anilines is 3.